The van der Waals surface area contributed by atoms with Gasteiger partial charge in [0, 0.05) is 13.1 Å². The highest BCUT2D eigenvalue weighted by molar-refractivity contribution is 7.91. The molecule has 8 heteroatoms. The molecule has 1 aromatic carbocycles. The largest absolute Gasteiger partial charge is 0.482 e. The summed E-state index contributed by atoms with van der Waals surface area (Å²) in [6.45, 7) is 3.13. The fourth-order valence-electron chi connectivity index (χ4n) is 2.73. The fourth-order valence-corrected chi connectivity index (χ4v) is 4.50. The van der Waals surface area contributed by atoms with Crippen molar-refractivity contribution in [3.8, 4) is 5.75 Å². The summed E-state index contributed by atoms with van der Waals surface area (Å²) in [5.41, 5.74) is 2.04. The summed E-state index contributed by atoms with van der Waals surface area (Å²) in [6, 6.07) is 5.24. The Hall–Kier alpha value is -2.09. The molecule has 1 aliphatic heterocycles. The smallest absolute Gasteiger partial charge is 0.344 e. The highest BCUT2D eigenvalue weighted by atomic mass is 32.2. The number of rotatable bonds is 6. The molecule has 2 rings (SSSR count). The summed E-state index contributed by atoms with van der Waals surface area (Å²) in [5.74, 6) is -0.478. The molecule has 1 aliphatic rings. The van der Waals surface area contributed by atoms with E-state index in [-0.39, 0.29) is 24.2 Å². The second-order valence-corrected chi connectivity index (χ2v) is 8.56. The van der Waals surface area contributed by atoms with Gasteiger partial charge in [-0.2, -0.15) is 0 Å². The Morgan fingerprint density at radius 1 is 1.16 bits per heavy atom. The molecule has 1 atom stereocenters. The van der Waals surface area contributed by atoms with Crippen molar-refractivity contribution in [2.24, 2.45) is 0 Å². The van der Waals surface area contributed by atoms with E-state index in [1.54, 1.807) is 12.1 Å². The number of likely N-dealkylation sites (N-methyl/N-ethyl adjacent to an activating group) is 1. The van der Waals surface area contributed by atoms with Crippen molar-refractivity contribution in [3.63, 3.8) is 0 Å². The predicted molar refractivity (Wildman–Crippen MR) is 92.2 cm³/mol. The van der Waals surface area contributed by atoms with Crippen LogP contribution >= 0.6 is 0 Å². The van der Waals surface area contributed by atoms with Crippen LogP contribution in [-0.2, 0) is 24.2 Å². The molecule has 0 radical (unpaired) electrons. The second kappa shape index (κ2) is 7.86. The van der Waals surface area contributed by atoms with E-state index in [4.69, 9.17) is 9.47 Å². The minimum Gasteiger partial charge on any atom is -0.482 e. The maximum atomic E-state index is 12.0. The number of aryl methyl sites for hydroxylation is 2. The zero-order chi connectivity index (χ0) is 18.6. The molecular formula is C17H23NO6S. The lowest BCUT2D eigenvalue weighted by molar-refractivity contribution is -0.153. The van der Waals surface area contributed by atoms with E-state index in [9.17, 15) is 18.0 Å². The SMILES string of the molecule is Cc1cc(C)cc(OCC(=O)OCC(=O)N(C)[C@H]2CCS(=O)(=O)C2)c1. The molecular weight excluding hydrogens is 346 g/mol. The number of hydrogen-bond acceptors (Lipinski definition) is 6. The summed E-state index contributed by atoms with van der Waals surface area (Å²) >= 11 is 0. The number of ether oxygens (including phenoxy) is 2. The van der Waals surface area contributed by atoms with Crippen LogP contribution in [0.4, 0.5) is 0 Å². The van der Waals surface area contributed by atoms with Crippen molar-refractivity contribution in [2.45, 2.75) is 26.3 Å². The van der Waals surface area contributed by atoms with Gasteiger partial charge in [-0.05, 0) is 43.5 Å². The van der Waals surface area contributed by atoms with Crippen molar-refractivity contribution in [1.82, 2.24) is 4.90 Å². The summed E-state index contributed by atoms with van der Waals surface area (Å²) < 4.78 is 33.2. The molecule has 1 fully saturated rings. The molecule has 1 heterocycles. The van der Waals surface area contributed by atoms with Crippen LogP contribution < -0.4 is 4.74 Å². The van der Waals surface area contributed by atoms with Crippen molar-refractivity contribution >= 4 is 21.7 Å². The summed E-state index contributed by atoms with van der Waals surface area (Å²) in [6.07, 6.45) is 0.411. The van der Waals surface area contributed by atoms with Gasteiger partial charge in [0.1, 0.15) is 5.75 Å². The molecule has 0 N–H and O–H groups in total. The zero-order valence-corrected chi connectivity index (χ0v) is 15.5. The van der Waals surface area contributed by atoms with Gasteiger partial charge in [-0.25, -0.2) is 13.2 Å². The molecule has 0 unspecified atom stereocenters. The van der Waals surface area contributed by atoms with E-state index >= 15 is 0 Å². The number of sulfone groups is 1. The third kappa shape index (κ3) is 5.74. The Morgan fingerprint density at radius 3 is 2.36 bits per heavy atom. The highest BCUT2D eigenvalue weighted by Gasteiger charge is 2.32. The van der Waals surface area contributed by atoms with E-state index in [2.05, 4.69) is 0 Å². The Bertz CT molecular complexity index is 738. The molecule has 0 saturated carbocycles. The van der Waals surface area contributed by atoms with E-state index < -0.39 is 28.3 Å². The Balaban J connectivity index is 1.76. The number of esters is 1. The lowest BCUT2D eigenvalue weighted by atomic mass is 10.1. The molecule has 1 amide bonds. The maximum absolute atomic E-state index is 12.0. The van der Waals surface area contributed by atoms with Gasteiger partial charge in [0.15, 0.2) is 23.1 Å². The highest BCUT2D eigenvalue weighted by Crippen LogP contribution is 2.17. The lowest BCUT2D eigenvalue weighted by Crippen LogP contribution is -2.40. The van der Waals surface area contributed by atoms with Crippen LogP contribution in [0.5, 0.6) is 5.75 Å². The number of carbonyl (C=O) groups excluding carboxylic acids is 2. The van der Waals surface area contributed by atoms with Crippen molar-refractivity contribution in [1.29, 1.82) is 0 Å². The molecule has 0 aromatic heterocycles. The molecule has 0 spiro atoms. The Labute approximate surface area is 147 Å². The topological polar surface area (TPSA) is 90.0 Å². The summed E-state index contributed by atoms with van der Waals surface area (Å²) in [7, 11) is -1.55. The Kier molecular flexibility index (Phi) is 6.05. The van der Waals surface area contributed by atoms with E-state index in [1.807, 2.05) is 19.9 Å². The quantitative estimate of drug-likeness (QED) is 0.691. The zero-order valence-electron chi connectivity index (χ0n) is 14.6. The molecule has 7 nitrogen and oxygen atoms in total. The summed E-state index contributed by atoms with van der Waals surface area (Å²) in [4.78, 5) is 25.1. The molecule has 1 saturated heterocycles. The second-order valence-electron chi connectivity index (χ2n) is 6.33. The van der Waals surface area contributed by atoms with Crippen LogP contribution in [0.3, 0.4) is 0 Å². The summed E-state index contributed by atoms with van der Waals surface area (Å²) in [5, 5.41) is 0. The average molecular weight is 369 g/mol. The van der Waals surface area contributed by atoms with Crippen LogP contribution in [0, 0.1) is 13.8 Å². The first-order valence-corrected chi connectivity index (χ1v) is 9.81. The minimum atomic E-state index is -3.07. The van der Waals surface area contributed by atoms with Crippen LogP contribution in [0.25, 0.3) is 0 Å². The van der Waals surface area contributed by atoms with Gasteiger partial charge in [-0.15, -0.1) is 0 Å². The molecule has 138 valence electrons. The standard InChI is InChI=1S/C17H23NO6S/c1-12-6-13(2)8-15(7-12)23-10-17(20)24-9-16(19)18(3)14-4-5-25(21,22)11-14/h6-8,14H,4-5,9-11H2,1-3H3/t14-/m0/s1. The Morgan fingerprint density at radius 2 is 1.80 bits per heavy atom. The van der Waals surface area contributed by atoms with Crippen LogP contribution in [0.15, 0.2) is 18.2 Å². The molecule has 0 aliphatic carbocycles. The van der Waals surface area contributed by atoms with E-state index in [0.29, 0.717) is 12.2 Å². The lowest BCUT2D eigenvalue weighted by Gasteiger charge is -2.23. The molecule has 1 aromatic rings. The van der Waals surface area contributed by atoms with Crippen LogP contribution in [0.2, 0.25) is 0 Å². The normalized spacial score (nSPS) is 18.6. The van der Waals surface area contributed by atoms with Crippen LogP contribution in [0.1, 0.15) is 17.5 Å². The van der Waals surface area contributed by atoms with Gasteiger partial charge in [-0.3, -0.25) is 4.79 Å². The number of benzene rings is 1. The van der Waals surface area contributed by atoms with Gasteiger partial charge in [0.05, 0.1) is 11.5 Å². The first-order valence-electron chi connectivity index (χ1n) is 7.99. The first kappa shape index (κ1) is 19.2. The number of nitrogens with zero attached hydrogens (tertiary/aromatic N) is 1. The van der Waals surface area contributed by atoms with Gasteiger partial charge in [0.2, 0.25) is 0 Å². The first-order chi connectivity index (χ1) is 11.7. The van der Waals surface area contributed by atoms with Gasteiger partial charge < -0.3 is 14.4 Å². The van der Waals surface area contributed by atoms with Gasteiger partial charge in [0.25, 0.3) is 5.91 Å². The number of amides is 1. The fraction of sp³-hybridized carbons (Fsp3) is 0.529. The van der Waals surface area contributed by atoms with Crippen LogP contribution in [-0.4, -0.2) is 63.0 Å². The minimum absolute atomic E-state index is 0.0427. The number of carbonyl (C=O) groups is 2. The van der Waals surface area contributed by atoms with Crippen molar-refractivity contribution in [2.75, 3.05) is 31.8 Å². The van der Waals surface area contributed by atoms with E-state index in [0.717, 1.165) is 11.1 Å². The monoisotopic (exact) mass is 369 g/mol. The van der Waals surface area contributed by atoms with E-state index in [1.165, 1.54) is 11.9 Å². The third-order valence-corrected chi connectivity index (χ3v) is 5.81. The maximum Gasteiger partial charge on any atom is 0.344 e. The third-order valence-electron chi connectivity index (χ3n) is 4.06. The van der Waals surface area contributed by atoms with Gasteiger partial charge >= 0.3 is 5.97 Å². The van der Waals surface area contributed by atoms with Gasteiger partial charge in [-0.1, -0.05) is 6.07 Å². The average Bonchev–Trinajstić information content (AvgIpc) is 2.89. The van der Waals surface area contributed by atoms with Crippen molar-refractivity contribution < 1.29 is 27.5 Å². The number of hydrogen-bond donors (Lipinski definition) is 0. The van der Waals surface area contributed by atoms with Crippen molar-refractivity contribution in [3.05, 3.63) is 29.3 Å². The predicted octanol–water partition coefficient (Wildman–Crippen LogP) is 0.871. The molecule has 25 heavy (non-hydrogen) atoms. The molecule has 0 bridgehead atoms.